The minimum Gasteiger partial charge on any atom is -0.497 e. The predicted molar refractivity (Wildman–Crippen MR) is 88.0 cm³/mol. The molecule has 1 aliphatic rings. The topological polar surface area (TPSA) is 21.3 Å². The van der Waals surface area contributed by atoms with Crippen LogP contribution in [-0.2, 0) is 0 Å². The number of methoxy groups -OCH3 is 1. The van der Waals surface area contributed by atoms with Crippen LogP contribution >= 0.6 is 0 Å². The van der Waals surface area contributed by atoms with E-state index in [1.165, 1.54) is 35.2 Å². The highest BCUT2D eigenvalue weighted by Gasteiger charge is 2.32. The molecule has 2 nitrogen and oxygen atoms in total. The van der Waals surface area contributed by atoms with Crippen LogP contribution in [0.3, 0.4) is 0 Å². The normalized spacial score (nSPS) is 15.6. The molecule has 1 aliphatic carbocycles. The molecule has 0 bridgehead atoms. The van der Waals surface area contributed by atoms with Crippen molar-refractivity contribution in [3.8, 4) is 5.75 Å². The van der Waals surface area contributed by atoms with Gasteiger partial charge in [0.2, 0.25) is 0 Å². The minimum atomic E-state index is 0.399. The highest BCUT2D eigenvalue weighted by Crippen LogP contribution is 2.43. The number of hydrogen-bond donors (Lipinski definition) is 1. The molecular weight excluding hydrogens is 258 g/mol. The molecule has 0 heterocycles. The number of nitrogens with one attached hydrogen (secondary N) is 1. The van der Waals surface area contributed by atoms with Gasteiger partial charge < -0.3 is 10.1 Å². The Balaban J connectivity index is 1.86. The van der Waals surface area contributed by atoms with Crippen molar-refractivity contribution in [1.82, 2.24) is 0 Å². The van der Waals surface area contributed by atoms with Crippen LogP contribution in [-0.4, -0.2) is 7.11 Å². The molecule has 0 aliphatic heterocycles. The number of ether oxygens (including phenoxy) is 1. The summed E-state index contributed by atoms with van der Waals surface area (Å²) in [5.74, 6) is 1.67. The SMILES string of the molecule is COc1ccc(C(Nc2cc(C)ccc2C)C2CC2)cc1. The largest absolute Gasteiger partial charge is 0.497 e. The monoisotopic (exact) mass is 281 g/mol. The van der Waals surface area contributed by atoms with Gasteiger partial charge in [-0.05, 0) is 67.5 Å². The Morgan fingerprint density at radius 2 is 1.76 bits per heavy atom. The van der Waals surface area contributed by atoms with Crippen LogP contribution in [0, 0.1) is 19.8 Å². The van der Waals surface area contributed by atoms with Crippen molar-refractivity contribution < 1.29 is 4.74 Å². The van der Waals surface area contributed by atoms with E-state index in [1.54, 1.807) is 7.11 Å². The van der Waals surface area contributed by atoms with Crippen molar-refractivity contribution in [2.45, 2.75) is 32.7 Å². The van der Waals surface area contributed by atoms with E-state index < -0.39 is 0 Å². The van der Waals surface area contributed by atoms with E-state index in [-0.39, 0.29) is 0 Å². The molecule has 1 N–H and O–H groups in total. The molecule has 3 rings (SSSR count). The maximum absolute atomic E-state index is 5.26. The van der Waals surface area contributed by atoms with Crippen LogP contribution in [0.5, 0.6) is 5.75 Å². The van der Waals surface area contributed by atoms with E-state index >= 15 is 0 Å². The first kappa shape index (κ1) is 14.0. The Labute approximate surface area is 127 Å². The van der Waals surface area contributed by atoms with Crippen LogP contribution in [0.4, 0.5) is 5.69 Å². The maximum atomic E-state index is 5.26. The Morgan fingerprint density at radius 1 is 1.05 bits per heavy atom. The first-order valence-electron chi connectivity index (χ1n) is 7.65. The lowest BCUT2D eigenvalue weighted by Crippen LogP contribution is -2.13. The van der Waals surface area contributed by atoms with Crippen molar-refractivity contribution >= 4 is 5.69 Å². The summed E-state index contributed by atoms with van der Waals surface area (Å²) < 4.78 is 5.26. The van der Waals surface area contributed by atoms with Crippen molar-refractivity contribution in [2.75, 3.05) is 12.4 Å². The van der Waals surface area contributed by atoms with Crippen molar-refractivity contribution in [3.63, 3.8) is 0 Å². The lowest BCUT2D eigenvalue weighted by atomic mass is 10.0. The Morgan fingerprint density at radius 3 is 2.38 bits per heavy atom. The van der Waals surface area contributed by atoms with E-state index in [0.29, 0.717) is 6.04 Å². The average Bonchev–Trinajstić information content (AvgIpc) is 3.33. The van der Waals surface area contributed by atoms with Gasteiger partial charge in [0, 0.05) is 5.69 Å². The molecule has 0 radical (unpaired) electrons. The van der Waals surface area contributed by atoms with E-state index in [0.717, 1.165) is 11.7 Å². The summed E-state index contributed by atoms with van der Waals surface area (Å²) in [6.45, 7) is 4.31. The molecule has 110 valence electrons. The van der Waals surface area contributed by atoms with Crippen molar-refractivity contribution in [2.24, 2.45) is 5.92 Å². The zero-order valence-corrected chi connectivity index (χ0v) is 13.0. The van der Waals surface area contributed by atoms with Gasteiger partial charge in [0.05, 0.1) is 13.2 Å². The van der Waals surface area contributed by atoms with Crippen LogP contribution in [0.2, 0.25) is 0 Å². The summed E-state index contributed by atoms with van der Waals surface area (Å²) in [6.07, 6.45) is 2.63. The maximum Gasteiger partial charge on any atom is 0.118 e. The molecule has 0 saturated heterocycles. The summed E-state index contributed by atoms with van der Waals surface area (Å²) in [6, 6.07) is 15.5. The van der Waals surface area contributed by atoms with Crippen LogP contribution < -0.4 is 10.1 Å². The molecule has 1 saturated carbocycles. The van der Waals surface area contributed by atoms with Gasteiger partial charge in [-0.15, -0.1) is 0 Å². The molecular formula is C19H23NO. The Kier molecular flexibility index (Phi) is 3.87. The fraction of sp³-hybridized carbons (Fsp3) is 0.368. The molecule has 21 heavy (non-hydrogen) atoms. The molecule has 1 unspecified atom stereocenters. The Hall–Kier alpha value is -1.96. The van der Waals surface area contributed by atoms with E-state index in [9.17, 15) is 0 Å². The van der Waals surface area contributed by atoms with Gasteiger partial charge in [-0.2, -0.15) is 0 Å². The molecule has 0 aromatic heterocycles. The van der Waals surface area contributed by atoms with Crippen molar-refractivity contribution in [1.29, 1.82) is 0 Å². The number of aryl methyl sites for hydroxylation is 2. The van der Waals surface area contributed by atoms with Gasteiger partial charge in [0.1, 0.15) is 5.75 Å². The fourth-order valence-electron chi connectivity index (χ4n) is 2.77. The molecule has 1 fully saturated rings. The fourth-order valence-corrected chi connectivity index (χ4v) is 2.77. The molecule has 1 atom stereocenters. The zero-order chi connectivity index (χ0) is 14.8. The third kappa shape index (κ3) is 3.21. The lowest BCUT2D eigenvalue weighted by Gasteiger charge is -2.22. The summed E-state index contributed by atoms with van der Waals surface area (Å²) in [4.78, 5) is 0. The van der Waals surface area contributed by atoms with Crippen LogP contribution in [0.25, 0.3) is 0 Å². The molecule has 0 amide bonds. The van der Waals surface area contributed by atoms with Crippen molar-refractivity contribution in [3.05, 3.63) is 59.2 Å². The third-order valence-electron chi connectivity index (χ3n) is 4.27. The van der Waals surface area contributed by atoms with E-state index in [2.05, 4.69) is 61.6 Å². The number of anilines is 1. The highest BCUT2D eigenvalue weighted by atomic mass is 16.5. The quantitative estimate of drug-likeness (QED) is 0.843. The predicted octanol–water partition coefficient (Wildman–Crippen LogP) is 4.88. The van der Waals surface area contributed by atoms with Gasteiger partial charge in [0.15, 0.2) is 0 Å². The minimum absolute atomic E-state index is 0.399. The first-order chi connectivity index (χ1) is 10.2. The second-order valence-corrected chi connectivity index (χ2v) is 6.05. The number of rotatable bonds is 5. The van der Waals surface area contributed by atoms with Gasteiger partial charge in [-0.25, -0.2) is 0 Å². The Bertz CT molecular complexity index is 614. The second-order valence-electron chi connectivity index (χ2n) is 6.05. The zero-order valence-electron chi connectivity index (χ0n) is 13.0. The summed E-state index contributed by atoms with van der Waals surface area (Å²) in [5, 5.41) is 3.76. The van der Waals surface area contributed by atoms with E-state index in [1.807, 2.05) is 0 Å². The standard InChI is InChI=1S/C19H23NO/c1-13-4-5-14(2)18(12-13)20-19(15-6-7-15)16-8-10-17(21-3)11-9-16/h4-5,8-12,15,19-20H,6-7H2,1-3H3. The van der Waals surface area contributed by atoms with Crippen LogP contribution in [0.1, 0.15) is 35.6 Å². The third-order valence-corrected chi connectivity index (χ3v) is 4.27. The number of benzene rings is 2. The number of hydrogen-bond acceptors (Lipinski definition) is 2. The van der Waals surface area contributed by atoms with Gasteiger partial charge in [-0.1, -0.05) is 24.3 Å². The van der Waals surface area contributed by atoms with E-state index in [4.69, 9.17) is 4.74 Å². The lowest BCUT2D eigenvalue weighted by molar-refractivity contribution is 0.414. The summed E-state index contributed by atoms with van der Waals surface area (Å²) in [5.41, 5.74) is 5.20. The van der Waals surface area contributed by atoms with Gasteiger partial charge in [-0.3, -0.25) is 0 Å². The second kappa shape index (κ2) is 5.80. The summed E-state index contributed by atoms with van der Waals surface area (Å²) in [7, 11) is 1.71. The highest BCUT2D eigenvalue weighted by molar-refractivity contribution is 5.54. The molecule has 2 aromatic rings. The molecule has 2 aromatic carbocycles. The van der Waals surface area contributed by atoms with Crippen LogP contribution in [0.15, 0.2) is 42.5 Å². The summed E-state index contributed by atoms with van der Waals surface area (Å²) >= 11 is 0. The molecule has 0 spiro atoms. The molecule has 2 heteroatoms. The smallest absolute Gasteiger partial charge is 0.118 e. The average molecular weight is 281 g/mol. The van der Waals surface area contributed by atoms with Gasteiger partial charge in [0.25, 0.3) is 0 Å². The first-order valence-corrected chi connectivity index (χ1v) is 7.65. The van der Waals surface area contributed by atoms with Gasteiger partial charge >= 0.3 is 0 Å².